The van der Waals surface area contributed by atoms with Crippen LogP contribution in [-0.2, 0) is 5.41 Å². The first-order valence-electron chi connectivity index (χ1n) is 5.86. The summed E-state index contributed by atoms with van der Waals surface area (Å²) in [5, 5.41) is 0. The fraction of sp³-hybridized carbons (Fsp3) is 0.500. The van der Waals surface area contributed by atoms with Crippen molar-refractivity contribution in [2.45, 2.75) is 38.0 Å². The third kappa shape index (κ3) is 2.07. The second kappa shape index (κ2) is 4.36. The quantitative estimate of drug-likeness (QED) is 0.784. The van der Waals surface area contributed by atoms with Crippen LogP contribution >= 0.6 is 0 Å². The highest BCUT2D eigenvalue weighted by Gasteiger charge is 2.32. The van der Waals surface area contributed by atoms with E-state index in [1.54, 1.807) is 0 Å². The first kappa shape index (κ1) is 10.7. The second-order valence-electron chi connectivity index (χ2n) is 4.74. The summed E-state index contributed by atoms with van der Waals surface area (Å²) >= 11 is 0. The minimum atomic E-state index is 0.226. The number of nitrogens with two attached hydrogens (primary N) is 1. The molecule has 1 saturated carbocycles. The van der Waals surface area contributed by atoms with Crippen molar-refractivity contribution in [3.8, 4) is 0 Å². The van der Waals surface area contributed by atoms with Crippen molar-refractivity contribution in [1.82, 2.24) is 0 Å². The van der Waals surface area contributed by atoms with E-state index in [1.165, 1.54) is 30.4 Å². The van der Waals surface area contributed by atoms with E-state index in [1.807, 2.05) is 0 Å². The molecule has 1 aliphatic rings. The summed E-state index contributed by atoms with van der Waals surface area (Å²) in [6.45, 7) is 2.92. The molecule has 1 nitrogen and oxygen atoms in total. The fourth-order valence-electron chi connectivity index (χ4n) is 2.61. The van der Waals surface area contributed by atoms with Gasteiger partial charge in [0.05, 0.1) is 0 Å². The maximum Gasteiger partial charge on any atom is 0.00784 e. The highest BCUT2D eigenvalue weighted by molar-refractivity contribution is 5.31. The molecule has 0 saturated heterocycles. The number of hydrogen-bond acceptors (Lipinski definition) is 1. The van der Waals surface area contributed by atoms with Gasteiger partial charge < -0.3 is 5.73 Å². The predicted molar refractivity (Wildman–Crippen MR) is 64.7 cm³/mol. The Morgan fingerprint density at radius 2 is 2.27 bits per heavy atom. The number of benzene rings is 1. The van der Waals surface area contributed by atoms with Gasteiger partial charge in [0.1, 0.15) is 0 Å². The summed E-state index contributed by atoms with van der Waals surface area (Å²) in [5.74, 6) is 0. The molecule has 1 fully saturated rings. The van der Waals surface area contributed by atoms with Crippen LogP contribution in [0.1, 0.15) is 36.8 Å². The van der Waals surface area contributed by atoms with E-state index in [-0.39, 0.29) is 5.41 Å². The van der Waals surface area contributed by atoms with Crippen molar-refractivity contribution < 1.29 is 0 Å². The lowest BCUT2D eigenvalue weighted by Gasteiger charge is -2.36. The van der Waals surface area contributed by atoms with Gasteiger partial charge >= 0.3 is 0 Å². The zero-order valence-electron chi connectivity index (χ0n) is 9.50. The molecule has 0 bridgehead atoms. The fourth-order valence-corrected chi connectivity index (χ4v) is 2.61. The predicted octanol–water partition coefficient (Wildman–Crippen LogP) is 2.97. The molecule has 0 amide bonds. The van der Waals surface area contributed by atoms with Crippen LogP contribution in [0.3, 0.4) is 0 Å². The van der Waals surface area contributed by atoms with Gasteiger partial charge in [0.25, 0.3) is 0 Å². The van der Waals surface area contributed by atoms with Crippen LogP contribution in [0.5, 0.6) is 0 Å². The number of rotatable bonds is 2. The van der Waals surface area contributed by atoms with Gasteiger partial charge in [-0.15, -0.1) is 0 Å². The van der Waals surface area contributed by atoms with Gasteiger partial charge in [-0.25, -0.2) is 0 Å². The Morgan fingerprint density at radius 1 is 1.40 bits per heavy atom. The molecule has 2 N–H and O–H groups in total. The topological polar surface area (TPSA) is 26.0 Å². The third-order valence-corrected chi connectivity index (χ3v) is 3.62. The first-order valence-corrected chi connectivity index (χ1v) is 5.86. The average Bonchev–Trinajstić information content (AvgIpc) is 2.30. The second-order valence-corrected chi connectivity index (χ2v) is 4.74. The van der Waals surface area contributed by atoms with Gasteiger partial charge in [0.15, 0.2) is 0 Å². The minimum absolute atomic E-state index is 0.226. The van der Waals surface area contributed by atoms with Crippen LogP contribution in [0.2, 0.25) is 0 Å². The molecule has 1 aliphatic carbocycles. The molecule has 1 unspecified atom stereocenters. The zero-order valence-corrected chi connectivity index (χ0v) is 9.50. The Hall–Kier alpha value is -0.820. The Morgan fingerprint density at radius 3 is 2.87 bits per heavy atom. The van der Waals surface area contributed by atoms with E-state index < -0.39 is 0 Å². The van der Waals surface area contributed by atoms with Crippen LogP contribution in [-0.4, -0.2) is 6.54 Å². The number of aryl methyl sites for hydroxylation is 1. The summed E-state index contributed by atoms with van der Waals surface area (Å²) in [6.07, 6.45) is 7.33. The van der Waals surface area contributed by atoms with E-state index in [4.69, 9.17) is 5.73 Å². The van der Waals surface area contributed by atoms with Gasteiger partial charge in [0.2, 0.25) is 0 Å². The Labute approximate surface area is 92.7 Å². The van der Waals surface area contributed by atoms with Gasteiger partial charge in [-0.05, 0) is 31.7 Å². The van der Waals surface area contributed by atoms with Crippen molar-refractivity contribution in [3.05, 3.63) is 41.8 Å². The number of hydrogen-bond donors (Lipinski definition) is 1. The maximum atomic E-state index is 6.00. The van der Waals surface area contributed by atoms with Gasteiger partial charge in [-0.1, -0.05) is 42.7 Å². The third-order valence-electron chi connectivity index (χ3n) is 3.62. The molecule has 1 aromatic rings. The molecule has 1 radical (unpaired) electrons. The maximum absolute atomic E-state index is 6.00. The molecule has 1 atom stereocenters. The molecular weight excluding hydrogens is 182 g/mol. The molecule has 81 valence electrons. The normalized spacial score (nSPS) is 20.1. The van der Waals surface area contributed by atoms with E-state index in [2.05, 4.69) is 37.6 Å². The highest BCUT2D eigenvalue weighted by Crippen LogP contribution is 2.38. The standard InChI is InChI=1S/C14H20N/c1-12-6-5-7-13(10-12)14(11-15)8-3-2-4-9-14/h3,5-7,10H,2,4,8-9,11,15H2,1H3. The van der Waals surface area contributed by atoms with Crippen LogP contribution in [0, 0.1) is 13.3 Å². The molecule has 0 heterocycles. The summed E-state index contributed by atoms with van der Waals surface area (Å²) in [6, 6.07) is 8.84. The van der Waals surface area contributed by atoms with E-state index in [0.717, 1.165) is 13.0 Å². The Bertz CT molecular complexity index is 324. The smallest absolute Gasteiger partial charge is 0.00784 e. The molecule has 15 heavy (non-hydrogen) atoms. The zero-order chi connectivity index (χ0) is 10.7. The van der Waals surface area contributed by atoms with Crippen LogP contribution in [0.4, 0.5) is 0 Å². The summed E-state index contributed by atoms with van der Waals surface area (Å²) in [4.78, 5) is 0. The SMILES string of the molecule is Cc1cccc(C2(CN)C[CH]CCC2)c1. The average molecular weight is 202 g/mol. The minimum Gasteiger partial charge on any atom is -0.330 e. The summed E-state index contributed by atoms with van der Waals surface area (Å²) in [5.41, 5.74) is 9.00. The van der Waals surface area contributed by atoms with Crippen molar-refractivity contribution in [2.24, 2.45) is 5.73 Å². The lowest BCUT2D eigenvalue weighted by atomic mass is 9.69. The Kier molecular flexibility index (Phi) is 3.11. The highest BCUT2D eigenvalue weighted by atomic mass is 14.6. The summed E-state index contributed by atoms with van der Waals surface area (Å²) in [7, 11) is 0. The molecular formula is C14H20N. The molecule has 1 heteroatoms. The van der Waals surface area contributed by atoms with Gasteiger partial charge in [0, 0.05) is 12.0 Å². The van der Waals surface area contributed by atoms with Gasteiger partial charge in [-0.3, -0.25) is 0 Å². The van der Waals surface area contributed by atoms with Crippen LogP contribution < -0.4 is 5.73 Å². The summed E-state index contributed by atoms with van der Waals surface area (Å²) < 4.78 is 0. The largest absolute Gasteiger partial charge is 0.330 e. The molecule has 0 aliphatic heterocycles. The van der Waals surface area contributed by atoms with E-state index >= 15 is 0 Å². The van der Waals surface area contributed by atoms with Crippen molar-refractivity contribution in [3.63, 3.8) is 0 Å². The van der Waals surface area contributed by atoms with E-state index in [0.29, 0.717) is 0 Å². The van der Waals surface area contributed by atoms with Crippen molar-refractivity contribution >= 4 is 0 Å². The van der Waals surface area contributed by atoms with Crippen LogP contribution in [0.15, 0.2) is 24.3 Å². The lowest BCUT2D eigenvalue weighted by Crippen LogP contribution is -2.37. The van der Waals surface area contributed by atoms with Crippen molar-refractivity contribution in [1.29, 1.82) is 0 Å². The molecule has 0 spiro atoms. The molecule has 0 aromatic heterocycles. The van der Waals surface area contributed by atoms with Crippen molar-refractivity contribution in [2.75, 3.05) is 6.54 Å². The first-order chi connectivity index (χ1) is 7.27. The molecule has 2 rings (SSSR count). The van der Waals surface area contributed by atoms with Crippen LogP contribution in [0.25, 0.3) is 0 Å². The Balaban J connectivity index is 2.32. The van der Waals surface area contributed by atoms with Gasteiger partial charge in [-0.2, -0.15) is 0 Å². The molecule has 1 aromatic carbocycles. The lowest BCUT2D eigenvalue weighted by molar-refractivity contribution is 0.346. The van der Waals surface area contributed by atoms with E-state index in [9.17, 15) is 0 Å². The monoisotopic (exact) mass is 202 g/mol.